The Kier molecular flexibility index (Phi) is 5.23. The van der Waals surface area contributed by atoms with Crippen LogP contribution in [0.4, 0.5) is 11.5 Å². The second-order valence-corrected chi connectivity index (χ2v) is 6.11. The molecule has 3 rings (SSSR count). The lowest BCUT2D eigenvalue weighted by Crippen LogP contribution is -2.37. The molecule has 0 radical (unpaired) electrons. The molecule has 1 aliphatic heterocycles. The summed E-state index contributed by atoms with van der Waals surface area (Å²) in [7, 11) is 0. The third-order valence-corrected chi connectivity index (χ3v) is 4.31. The van der Waals surface area contributed by atoms with Gasteiger partial charge in [-0.05, 0) is 30.5 Å². The molecule has 1 amide bonds. The van der Waals surface area contributed by atoms with Crippen molar-refractivity contribution >= 4 is 17.4 Å². The van der Waals surface area contributed by atoms with Crippen LogP contribution >= 0.6 is 0 Å². The Labute approximate surface area is 145 Å². The van der Waals surface area contributed by atoms with Crippen molar-refractivity contribution in [2.45, 2.75) is 25.3 Å². The van der Waals surface area contributed by atoms with Crippen molar-refractivity contribution in [2.75, 3.05) is 18.0 Å². The molecule has 0 spiro atoms. The van der Waals surface area contributed by atoms with Crippen LogP contribution in [0.1, 0.15) is 18.4 Å². The summed E-state index contributed by atoms with van der Waals surface area (Å²) in [6, 6.07) is 12.3. The number of nitro groups is 1. The number of aromatic nitrogens is 1. The van der Waals surface area contributed by atoms with Gasteiger partial charge in [-0.3, -0.25) is 14.9 Å². The third kappa shape index (κ3) is 4.53. The van der Waals surface area contributed by atoms with E-state index < -0.39 is 4.92 Å². The highest BCUT2D eigenvalue weighted by atomic mass is 16.6. The largest absolute Gasteiger partial charge is 0.354 e. The number of benzene rings is 1. The number of aryl methyl sites for hydroxylation is 1. The van der Waals surface area contributed by atoms with Crippen molar-refractivity contribution in [3.8, 4) is 0 Å². The number of rotatable bonds is 6. The average molecular weight is 340 g/mol. The van der Waals surface area contributed by atoms with E-state index in [1.165, 1.54) is 12.1 Å². The van der Waals surface area contributed by atoms with Gasteiger partial charge in [0.15, 0.2) is 0 Å². The molecular weight excluding hydrogens is 320 g/mol. The summed E-state index contributed by atoms with van der Waals surface area (Å²) >= 11 is 0. The molecule has 7 heteroatoms. The fraction of sp³-hybridized carbons (Fsp3) is 0.333. The molecule has 130 valence electrons. The van der Waals surface area contributed by atoms with Gasteiger partial charge in [-0.1, -0.05) is 18.2 Å². The van der Waals surface area contributed by atoms with E-state index in [0.717, 1.165) is 30.9 Å². The smallest absolute Gasteiger partial charge is 0.269 e. The van der Waals surface area contributed by atoms with Crippen molar-refractivity contribution in [1.82, 2.24) is 10.3 Å². The molecule has 1 unspecified atom stereocenters. The van der Waals surface area contributed by atoms with Gasteiger partial charge in [0.05, 0.1) is 4.92 Å². The second kappa shape index (κ2) is 7.74. The summed E-state index contributed by atoms with van der Waals surface area (Å²) in [6.07, 6.45) is 3.61. The van der Waals surface area contributed by atoms with Crippen molar-refractivity contribution in [3.63, 3.8) is 0 Å². The van der Waals surface area contributed by atoms with Crippen LogP contribution < -0.4 is 10.2 Å². The predicted octanol–water partition coefficient (Wildman–Crippen LogP) is 2.32. The second-order valence-electron chi connectivity index (χ2n) is 6.11. The molecule has 1 atom stereocenters. The Morgan fingerprint density at radius 3 is 2.76 bits per heavy atom. The normalized spacial score (nSPS) is 16.6. The molecule has 25 heavy (non-hydrogen) atoms. The van der Waals surface area contributed by atoms with Gasteiger partial charge in [-0.25, -0.2) is 4.98 Å². The van der Waals surface area contributed by atoms with E-state index in [9.17, 15) is 14.9 Å². The first kappa shape index (κ1) is 16.9. The van der Waals surface area contributed by atoms with E-state index in [1.807, 2.05) is 18.2 Å². The molecule has 2 heterocycles. The first-order valence-corrected chi connectivity index (χ1v) is 8.30. The van der Waals surface area contributed by atoms with Crippen LogP contribution in [0.5, 0.6) is 0 Å². The van der Waals surface area contributed by atoms with Crippen LogP contribution in [0, 0.1) is 10.1 Å². The summed E-state index contributed by atoms with van der Waals surface area (Å²) in [5.74, 6) is 0.941. The lowest BCUT2D eigenvalue weighted by atomic mass is 10.1. The fourth-order valence-electron chi connectivity index (χ4n) is 2.97. The monoisotopic (exact) mass is 340 g/mol. The van der Waals surface area contributed by atoms with Gasteiger partial charge in [0.2, 0.25) is 5.91 Å². The van der Waals surface area contributed by atoms with Gasteiger partial charge in [-0.2, -0.15) is 0 Å². The number of nitrogens with one attached hydrogen (secondary N) is 1. The highest BCUT2D eigenvalue weighted by molar-refractivity contribution is 5.76. The van der Waals surface area contributed by atoms with E-state index in [0.29, 0.717) is 12.8 Å². The maximum atomic E-state index is 12.1. The van der Waals surface area contributed by atoms with Crippen molar-refractivity contribution in [3.05, 3.63) is 64.3 Å². The summed E-state index contributed by atoms with van der Waals surface area (Å²) in [5, 5.41) is 13.7. The Morgan fingerprint density at radius 2 is 2.08 bits per heavy atom. The lowest BCUT2D eigenvalue weighted by molar-refractivity contribution is -0.384. The molecule has 0 aliphatic carbocycles. The molecule has 1 saturated heterocycles. The number of nitro benzene ring substituents is 1. The topological polar surface area (TPSA) is 88.4 Å². The number of anilines is 1. The zero-order valence-corrected chi connectivity index (χ0v) is 13.8. The van der Waals surface area contributed by atoms with Gasteiger partial charge in [0.25, 0.3) is 5.69 Å². The molecule has 1 fully saturated rings. The van der Waals surface area contributed by atoms with Crippen LogP contribution in [0.2, 0.25) is 0 Å². The lowest BCUT2D eigenvalue weighted by Gasteiger charge is -2.17. The van der Waals surface area contributed by atoms with Gasteiger partial charge < -0.3 is 10.2 Å². The summed E-state index contributed by atoms with van der Waals surface area (Å²) in [4.78, 5) is 28.8. The van der Waals surface area contributed by atoms with Crippen molar-refractivity contribution in [1.29, 1.82) is 0 Å². The quantitative estimate of drug-likeness (QED) is 0.644. The van der Waals surface area contributed by atoms with E-state index in [1.54, 1.807) is 18.3 Å². The molecule has 1 N–H and O–H groups in total. The zero-order valence-electron chi connectivity index (χ0n) is 13.8. The standard InChI is InChI=1S/C18H20N4O3/c23-18(9-6-14-4-7-16(8-5-14)22(24)25)20-15-10-12-21(13-15)17-3-1-2-11-19-17/h1-5,7-8,11,15H,6,9-10,12-13H2,(H,20,23). The predicted molar refractivity (Wildman–Crippen MR) is 94.4 cm³/mol. The van der Waals surface area contributed by atoms with Crippen LogP contribution in [0.3, 0.4) is 0 Å². The van der Waals surface area contributed by atoms with Gasteiger partial charge in [0, 0.05) is 43.9 Å². The third-order valence-electron chi connectivity index (χ3n) is 4.31. The summed E-state index contributed by atoms with van der Waals surface area (Å²) < 4.78 is 0. The number of hydrogen-bond acceptors (Lipinski definition) is 5. The first-order chi connectivity index (χ1) is 12.1. The fourth-order valence-corrected chi connectivity index (χ4v) is 2.97. The Hall–Kier alpha value is -2.96. The first-order valence-electron chi connectivity index (χ1n) is 8.30. The van der Waals surface area contributed by atoms with Crippen LogP contribution in [-0.2, 0) is 11.2 Å². The van der Waals surface area contributed by atoms with Gasteiger partial charge in [-0.15, -0.1) is 0 Å². The highest BCUT2D eigenvalue weighted by Gasteiger charge is 2.24. The minimum atomic E-state index is -0.427. The minimum absolute atomic E-state index is 0.00576. The molecule has 0 bridgehead atoms. The van der Waals surface area contributed by atoms with Crippen molar-refractivity contribution in [2.24, 2.45) is 0 Å². The molecular formula is C18H20N4O3. The van der Waals surface area contributed by atoms with Crippen molar-refractivity contribution < 1.29 is 9.72 Å². The number of amides is 1. The molecule has 1 aliphatic rings. The van der Waals surface area contributed by atoms with E-state index in [4.69, 9.17) is 0 Å². The molecule has 0 saturated carbocycles. The van der Waals surface area contributed by atoms with Crippen LogP contribution in [0.25, 0.3) is 0 Å². The number of carbonyl (C=O) groups excluding carboxylic acids is 1. The minimum Gasteiger partial charge on any atom is -0.354 e. The van der Waals surface area contributed by atoms with E-state index >= 15 is 0 Å². The molecule has 7 nitrogen and oxygen atoms in total. The number of non-ortho nitro benzene ring substituents is 1. The molecule has 2 aromatic rings. The van der Waals surface area contributed by atoms with E-state index in [-0.39, 0.29) is 17.6 Å². The maximum Gasteiger partial charge on any atom is 0.269 e. The number of hydrogen-bond donors (Lipinski definition) is 1. The van der Waals surface area contributed by atoms with E-state index in [2.05, 4.69) is 15.2 Å². The summed E-state index contributed by atoms with van der Waals surface area (Å²) in [5.41, 5.74) is 0.982. The number of nitrogens with zero attached hydrogens (tertiary/aromatic N) is 3. The van der Waals surface area contributed by atoms with Crippen LogP contribution in [0.15, 0.2) is 48.7 Å². The van der Waals surface area contributed by atoms with Crippen LogP contribution in [-0.4, -0.2) is 34.9 Å². The maximum absolute atomic E-state index is 12.1. The number of carbonyl (C=O) groups is 1. The number of pyridine rings is 1. The summed E-state index contributed by atoms with van der Waals surface area (Å²) in [6.45, 7) is 1.64. The molecule has 1 aromatic heterocycles. The van der Waals surface area contributed by atoms with Gasteiger partial charge >= 0.3 is 0 Å². The highest BCUT2D eigenvalue weighted by Crippen LogP contribution is 2.17. The molecule has 1 aromatic carbocycles. The SMILES string of the molecule is O=C(CCc1ccc([N+](=O)[O-])cc1)NC1CCN(c2ccccn2)C1. The Bertz CT molecular complexity index is 734. The Morgan fingerprint density at radius 1 is 1.28 bits per heavy atom. The Balaban J connectivity index is 1.44. The average Bonchev–Trinajstić information content (AvgIpc) is 3.09. The van der Waals surface area contributed by atoms with Gasteiger partial charge in [0.1, 0.15) is 5.82 Å². The zero-order chi connectivity index (χ0) is 17.6.